The minimum absolute atomic E-state index is 0.00406. The van der Waals surface area contributed by atoms with Crippen LogP contribution in [0.1, 0.15) is 20.3 Å². The van der Waals surface area contributed by atoms with Crippen LogP contribution < -0.4 is 16.2 Å². The van der Waals surface area contributed by atoms with Crippen LogP contribution in [-0.2, 0) is 0 Å². The highest BCUT2D eigenvalue weighted by molar-refractivity contribution is 5.70. The first-order valence-corrected chi connectivity index (χ1v) is 5.86. The number of nitro groups is 1. The zero-order valence-electron chi connectivity index (χ0n) is 10.9. The van der Waals surface area contributed by atoms with Crippen molar-refractivity contribution < 1.29 is 10.0 Å². The van der Waals surface area contributed by atoms with Crippen molar-refractivity contribution in [1.82, 2.24) is 9.97 Å². The van der Waals surface area contributed by atoms with E-state index in [0.717, 1.165) is 0 Å². The summed E-state index contributed by atoms with van der Waals surface area (Å²) in [6.07, 6.45) is 1.70. The standard InChI is InChI=1S/C10H18N6O3/c1-7(2)15(4-3-5-17)10-8(16(18)19)9(14-11)12-6-13-10/h6-7,17H,3-5,11H2,1-2H3,(H,12,13,14). The molecule has 0 aliphatic carbocycles. The van der Waals surface area contributed by atoms with Gasteiger partial charge in [0.25, 0.3) is 0 Å². The van der Waals surface area contributed by atoms with Gasteiger partial charge in [0.1, 0.15) is 6.33 Å². The van der Waals surface area contributed by atoms with Gasteiger partial charge in [0, 0.05) is 19.2 Å². The Morgan fingerprint density at radius 3 is 2.74 bits per heavy atom. The van der Waals surface area contributed by atoms with Crippen LogP contribution in [0, 0.1) is 10.1 Å². The Bertz CT molecular complexity index is 439. The predicted octanol–water partition coefficient (Wildman–Crippen LogP) is 0.268. The summed E-state index contributed by atoms with van der Waals surface area (Å²) in [4.78, 5) is 20.0. The first kappa shape index (κ1) is 15.1. The number of aromatic nitrogens is 2. The molecule has 9 nitrogen and oxygen atoms in total. The normalized spacial score (nSPS) is 10.6. The third-order valence-electron chi connectivity index (χ3n) is 2.57. The maximum absolute atomic E-state index is 11.2. The molecule has 0 amide bonds. The molecule has 1 aromatic rings. The Morgan fingerprint density at radius 1 is 1.58 bits per heavy atom. The molecule has 4 N–H and O–H groups in total. The zero-order valence-corrected chi connectivity index (χ0v) is 10.9. The van der Waals surface area contributed by atoms with E-state index >= 15 is 0 Å². The average molecular weight is 270 g/mol. The van der Waals surface area contributed by atoms with Crippen LogP contribution in [0.3, 0.4) is 0 Å². The van der Waals surface area contributed by atoms with E-state index in [2.05, 4.69) is 15.4 Å². The van der Waals surface area contributed by atoms with Crippen molar-refractivity contribution in [3.8, 4) is 0 Å². The van der Waals surface area contributed by atoms with Crippen LogP contribution in [0.5, 0.6) is 0 Å². The fourth-order valence-electron chi connectivity index (χ4n) is 1.70. The van der Waals surface area contributed by atoms with Gasteiger partial charge < -0.3 is 15.4 Å². The highest BCUT2D eigenvalue weighted by Gasteiger charge is 2.27. The van der Waals surface area contributed by atoms with Crippen molar-refractivity contribution in [2.75, 3.05) is 23.5 Å². The van der Waals surface area contributed by atoms with Crippen LogP contribution in [0.4, 0.5) is 17.3 Å². The predicted molar refractivity (Wildman–Crippen MR) is 70.7 cm³/mol. The van der Waals surface area contributed by atoms with E-state index in [9.17, 15) is 10.1 Å². The molecule has 1 heterocycles. The minimum Gasteiger partial charge on any atom is -0.396 e. The monoisotopic (exact) mass is 270 g/mol. The van der Waals surface area contributed by atoms with E-state index in [1.54, 1.807) is 4.90 Å². The molecule has 0 fully saturated rings. The van der Waals surface area contributed by atoms with Gasteiger partial charge in [-0.1, -0.05) is 0 Å². The number of anilines is 2. The molecule has 0 aliphatic heterocycles. The fourth-order valence-corrected chi connectivity index (χ4v) is 1.70. The molecule has 0 spiro atoms. The maximum atomic E-state index is 11.2. The van der Waals surface area contributed by atoms with Gasteiger partial charge in [-0.2, -0.15) is 0 Å². The average Bonchev–Trinajstić information content (AvgIpc) is 2.38. The second-order valence-electron chi connectivity index (χ2n) is 4.16. The van der Waals surface area contributed by atoms with Crippen molar-refractivity contribution in [3.05, 3.63) is 16.4 Å². The van der Waals surface area contributed by atoms with Crippen molar-refractivity contribution in [2.24, 2.45) is 5.84 Å². The van der Waals surface area contributed by atoms with Crippen LogP contribution in [-0.4, -0.2) is 39.2 Å². The van der Waals surface area contributed by atoms with Gasteiger partial charge in [0.2, 0.25) is 11.6 Å². The fraction of sp³-hybridized carbons (Fsp3) is 0.600. The molecule has 19 heavy (non-hydrogen) atoms. The summed E-state index contributed by atoms with van der Waals surface area (Å²) >= 11 is 0. The van der Waals surface area contributed by atoms with Crippen LogP contribution in [0.15, 0.2) is 6.33 Å². The minimum atomic E-state index is -0.571. The largest absolute Gasteiger partial charge is 0.396 e. The third kappa shape index (κ3) is 3.48. The third-order valence-corrected chi connectivity index (χ3v) is 2.57. The van der Waals surface area contributed by atoms with Gasteiger partial charge in [0.05, 0.1) is 4.92 Å². The van der Waals surface area contributed by atoms with E-state index in [1.807, 2.05) is 13.8 Å². The summed E-state index contributed by atoms with van der Waals surface area (Å²) in [7, 11) is 0. The number of nitrogens with zero attached hydrogens (tertiary/aromatic N) is 4. The lowest BCUT2D eigenvalue weighted by Crippen LogP contribution is -2.34. The second-order valence-corrected chi connectivity index (χ2v) is 4.16. The van der Waals surface area contributed by atoms with Crippen LogP contribution in [0.25, 0.3) is 0 Å². The number of hydrogen-bond acceptors (Lipinski definition) is 8. The van der Waals surface area contributed by atoms with Crippen molar-refractivity contribution in [3.63, 3.8) is 0 Å². The summed E-state index contributed by atoms with van der Waals surface area (Å²) in [6, 6.07) is -0.00854. The van der Waals surface area contributed by atoms with Gasteiger partial charge in [-0.3, -0.25) is 10.1 Å². The first-order chi connectivity index (χ1) is 9.02. The molecule has 0 bridgehead atoms. The molecule has 0 radical (unpaired) electrons. The zero-order chi connectivity index (χ0) is 14.4. The number of nitrogen functional groups attached to an aromatic ring is 1. The highest BCUT2D eigenvalue weighted by Crippen LogP contribution is 2.32. The SMILES string of the molecule is CC(C)N(CCCO)c1ncnc(NN)c1[N+](=O)[O-]. The first-order valence-electron chi connectivity index (χ1n) is 5.86. The lowest BCUT2D eigenvalue weighted by atomic mass is 10.2. The van der Waals surface area contributed by atoms with E-state index in [0.29, 0.717) is 13.0 Å². The van der Waals surface area contributed by atoms with Crippen LogP contribution >= 0.6 is 0 Å². The Balaban J connectivity index is 3.25. The van der Waals surface area contributed by atoms with Crippen molar-refractivity contribution in [2.45, 2.75) is 26.3 Å². The van der Waals surface area contributed by atoms with Gasteiger partial charge >= 0.3 is 5.69 Å². The summed E-state index contributed by atoms with van der Waals surface area (Å²) in [5.41, 5.74) is 1.93. The Morgan fingerprint density at radius 2 is 2.26 bits per heavy atom. The molecular formula is C10H18N6O3. The number of hydrogen-bond donors (Lipinski definition) is 3. The summed E-state index contributed by atoms with van der Waals surface area (Å²) in [5, 5.41) is 20.1. The highest BCUT2D eigenvalue weighted by atomic mass is 16.6. The molecule has 0 unspecified atom stereocenters. The molecule has 9 heteroatoms. The molecule has 0 aromatic carbocycles. The molecule has 0 aliphatic rings. The molecule has 0 atom stereocenters. The van der Waals surface area contributed by atoms with E-state index in [4.69, 9.17) is 10.9 Å². The molecule has 106 valence electrons. The second kappa shape index (κ2) is 6.81. The maximum Gasteiger partial charge on any atom is 0.354 e. The molecular weight excluding hydrogens is 252 g/mol. The lowest BCUT2D eigenvalue weighted by Gasteiger charge is -2.27. The number of aliphatic hydroxyl groups is 1. The topological polar surface area (TPSA) is 130 Å². The number of nitrogens with one attached hydrogen (secondary N) is 1. The molecule has 1 aromatic heterocycles. The Kier molecular flexibility index (Phi) is 5.39. The number of nitrogens with two attached hydrogens (primary N) is 1. The summed E-state index contributed by atoms with van der Waals surface area (Å²) in [6.45, 7) is 4.23. The van der Waals surface area contributed by atoms with Crippen molar-refractivity contribution in [1.29, 1.82) is 0 Å². The van der Waals surface area contributed by atoms with Crippen molar-refractivity contribution >= 4 is 17.3 Å². The smallest absolute Gasteiger partial charge is 0.354 e. The van der Waals surface area contributed by atoms with Gasteiger partial charge in [0.15, 0.2) is 0 Å². The Labute approximate surface area is 110 Å². The van der Waals surface area contributed by atoms with E-state index < -0.39 is 4.92 Å². The number of rotatable bonds is 7. The summed E-state index contributed by atoms with van der Waals surface area (Å²) in [5.74, 6) is 5.38. The Hall–Kier alpha value is -2.00. The lowest BCUT2D eigenvalue weighted by molar-refractivity contribution is -0.383. The van der Waals surface area contributed by atoms with Gasteiger partial charge in [-0.15, -0.1) is 0 Å². The molecule has 0 saturated carbocycles. The number of aliphatic hydroxyl groups excluding tert-OH is 1. The summed E-state index contributed by atoms with van der Waals surface area (Å²) < 4.78 is 0. The van der Waals surface area contributed by atoms with E-state index in [1.165, 1.54) is 6.33 Å². The van der Waals surface area contributed by atoms with E-state index in [-0.39, 0.29) is 30.0 Å². The van der Waals surface area contributed by atoms with Gasteiger partial charge in [-0.25, -0.2) is 15.8 Å². The molecule has 0 saturated heterocycles. The van der Waals surface area contributed by atoms with Gasteiger partial charge in [-0.05, 0) is 20.3 Å². The number of hydrazine groups is 1. The van der Waals surface area contributed by atoms with Crippen LogP contribution in [0.2, 0.25) is 0 Å². The quantitative estimate of drug-likeness (QED) is 0.365. The molecule has 1 rings (SSSR count).